The van der Waals surface area contributed by atoms with Crippen LogP contribution < -0.4 is 0 Å². The molecule has 0 radical (unpaired) electrons. The molecule has 0 bridgehead atoms. The molecule has 1 fully saturated rings. The second-order valence-electron chi connectivity index (χ2n) is 3.64. The second kappa shape index (κ2) is 4.59. The van der Waals surface area contributed by atoms with Crippen molar-refractivity contribution in [3.8, 4) is 0 Å². The summed E-state index contributed by atoms with van der Waals surface area (Å²) in [6.07, 6.45) is 0. The summed E-state index contributed by atoms with van der Waals surface area (Å²) < 4.78 is 11.3. The Balaban J connectivity index is 2.34. The minimum atomic E-state index is -2.00. The van der Waals surface area contributed by atoms with Crippen LogP contribution in [0.15, 0.2) is 0 Å². The van der Waals surface area contributed by atoms with Crippen LogP contribution in [0.1, 0.15) is 13.8 Å². The van der Waals surface area contributed by atoms with Crippen molar-refractivity contribution in [2.75, 3.05) is 18.6 Å². The molecule has 13 heavy (non-hydrogen) atoms. The van der Waals surface area contributed by atoms with E-state index in [4.69, 9.17) is 8.85 Å². The van der Waals surface area contributed by atoms with Gasteiger partial charge in [-0.25, -0.2) is 0 Å². The van der Waals surface area contributed by atoms with Crippen LogP contribution in [0.25, 0.3) is 0 Å². The Kier molecular flexibility index (Phi) is 3.97. The van der Waals surface area contributed by atoms with E-state index in [-0.39, 0.29) is 5.12 Å². The van der Waals surface area contributed by atoms with Crippen LogP contribution in [-0.2, 0) is 13.6 Å². The number of rotatable bonds is 2. The first-order chi connectivity index (χ1) is 6.02. The van der Waals surface area contributed by atoms with Gasteiger partial charge in [0.1, 0.15) is 0 Å². The molecular formula is C8H16O3SSi. The number of thioether (sulfide) groups is 1. The fourth-order valence-corrected chi connectivity index (χ4v) is 4.93. The van der Waals surface area contributed by atoms with Crippen LogP contribution in [0.3, 0.4) is 0 Å². The van der Waals surface area contributed by atoms with E-state index in [2.05, 4.69) is 6.92 Å². The van der Waals surface area contributed by atoms with Crippen LogP contribution in [0, 0.1) is 5.92 Å². The van der Waals surface area contributed by atoms with Crippen LogP contribution in [0.2, 0.25) is 6.55 Å². The third-order valence-corrected chi connectivity index (χ3v) is 6.52. The summed E-state index contributed by atoms with van der Waals surface area (Å²) in [7, 11) is -2.00. The summed E-state index contributed by atoms with van der Waals surface area (Å²) in [5.74, 6) is 0.489. The largest absolute Gasteiger partial charge is 0.394 e. The van der Waals surface area contributed by atoms with Crippen molar-refractivity contribution in [2.24, 2.45) is 5.92 Å². The molecule has 76 valence electrons. The quantitative estimate of drug-likeness (QED) is 0.662. The van der Waals surface area contributed by atoms with E-state index in [1.165, 1.54) is 11.8 Å². The van der Waals surface area contributed by atoms with Gasteiger partial charge in [0.25, 0.3) is 0 Å². The molecule has 0 saturated carbocycles. The molecule has 0 aliphatic carbocycles. The fraction of sp³-hybridized carbons (Fsp3) is 0.875. The third-order valence-electron chi connectivity index (χ3n) is 1.88. The fourth-order valence-electron chi connectivity index (χ4n) is 1.04. The van der Waals surface area contributed by atoms with Crippen molar-refractivity contribution in [3.63, 3.8) is 0 Å². The Morgan fingerprint density at radius 3 is 2.54 bits per heavy atom. The summed E-state index contributed by atoms with van der Waals surface area (Å²) in [6, 6.07) is 0. The standard InChI is InChI=1S/C8H16O3SSi/c1-7-4-10-13(3,11-5-7)6-12-8(2)9/h7H,4-6H2,1-3H3. The van der Waals surface area contributed by atoms with Gasteiger partial charge in [0.2, 0.25) is 0 Å². The maximum atomic E-state index is 10.8. The van der Waals surface area contributed by atoms with Crippen molar-refractivity contribution in [1.29, 1.82) is 0 Å². The highest BCUT2D eigenvalue weighted by molar-refractivity contribution is 8.14. The summed E-state index contributed by atoms with van der Waals surface area (Å²) in [4.78, 5) is 10.8. The van der Waals surface area contributed by atoms with E-state index in [9.17, 15) is 4.79 Å². The zero-order valence-electron chi connectivity index (χ0n) is 8.33. The van der Waals surface area contributed by atoms with Crippen LogP contribution in [-0.4, -0.2) is 32.3 Å². The molecule has 1 heterocycles. The van der Waals surface area contributed by atoms with Crippen LogP contribution >= 0.6 is 11.8 Å². The van der Waals surface area contributed by atoms with E-state index in [1.54, 1.807) is 6.92 Å². The minimum Gasteiger partial charge on any atom is -0.394 e. The molecule has 1 rings (SSSR count). The van der Waals surface area contributed by atoms with Gasteiger partial charge >= 0.3 is 8.56 Å². The van der Waals surface area contributed by atoms with E-state index in [0.29, 0.717) is 5.92 Å². The van der Waals surface area contributed by atoms with Gasteiger partial charge in [-0.15, -0.1) is 0 Å². The molecule has 0 aromatic rings. The van der Waals surface area contributed by atoms with Crippen LogP contribution in [0.5, 0.6) is 0 Å². The Bertz CT molecular complexity index is 190. The highest BCUT2D eigenvalue weighted by Gasteiger charge is 2.36. The zero-order valence-corrected chi connectivity index (χ0v) is 10.1. The lowest BCUT2D eigenvalue weighted by atomic mass is 10.2. The average molecular weight is 220 g/mol. The van der Waals surface area contributed by atoms with Crippen LogP contribution in [0.4, 0.5) is 0 Å². The monoisotopic (exact) mass is 220 g/mol. The van der Waals surface area contributed by atoms with Crippen molar-refractivity contribution in [2.45, 2.75) is 20.4 Å². The summed E-state index contributed by atoms with van der Waals surface area (Å²) in [5, 5.41) is 0.856. The Morgan fingerprint density at radius 1 is 1.54 bits per heavy atom. The predicted octanol–water partition coefficient (Wildman–Crippen LogP) is 1.56. The SMILES string of the molecule is CC(=O)SC[Si]1(C)OCC(C)CO1. The number of hydrogen-bond acceptors (Lipinski definition) is 4. The van der Waals surface area contributed by atoms with Gasteiger partial charge in [-0.05, 0) is 6.55 Å². The lowest BCUT2D eigenvalue weighted by Crippen LogP contribution is -2.48. The maximum absolute atomic E-state index is 10.8. The predicted molar refractivity (Wildman–Crippen MR) is 55.8 cm³/mol. The normalized spacial score (nSPS) is 34.5. The van der Waals surface area contributed by atoms with Crippen molar-refractivity contribution in [1.82, 2.24) is 0 Å². The maximum Gasteiger partial charge on any atom is 0.345 e. The van der Waals surface area contributed by atoms with E-state index < -0.39 is 8.56 Å². The van der Waals surface area contributed by atoms with E-state index >= 15 is 0 Å². The van der Waals surface area contributed by atoms with E-state index in [0.717, 1.165) is 18.6 Å². The molecule has 0 atom stereocenters. The molecule has 0 amide bonds. The molecule has 0 aromatic heterocycles. The van der Waals surface area contributed by atoms with E-state index in [1.807, 2.05) is 6.55 Å². The Hall–Kier alpha value is 0.157. The summed E-state index contributed by atoms with van der Waals surface area (Å²) in [6.45, 7) is 7.26. The third kappa shape index (κ3) is 3.80. The second-order valence-corrected chi connectivity index (χ2v) is 8.50. The average Bonchev–Trinajstić information content (AvgIpc) is 2.08. The van der Waals surface area contributed by atoms with Crippen molar-refractivity contribution in [3.05, 3.63) is 0 Å². The molecule has 0 spiro atoms. The number of carbonyl (C=O) groups is 1. The molecule has 0 N–H and O–H groups in total. The van der Waals surface area contributed by atoms with Gasteiger partial charge in [-0.1, -0.05) is 18.7 Å². The van der Waals surface area contributed by atoms with Crippen molar-refractivity contribution < 1.29 is 13.6 Å². The highest BCUT2D eigenvalue weighted by Crippen LogP contribution is 2.21. The number of hydrogen-bond donors (Lipinski definition) is 0. The first-order valence-corrected chi connectivity index (χ1v) is 7.94. The topological polar surface area (TPSA) is 35.5 Å². The summed E-state index contributed by atoms with van der Waals surface area (Å²) in [5.41, 5.74) is 0. The molecule has 1 aliphatic rings. The van der Waals surface area contributed by atoms with Gasteiger partial charge < -0.3 is 8.85 Å². The first kappa shape index (κ1) is 11.2. The zero-order chi connectivity index (χ0) is 9.90. The van der Waals surface area contributed by atoms with Gasteiger partial charge in [0, 0.05) is 31.4 Å². The highest BCUT2D eigenvalue weighted by atomic mass is 32.2. The lowest BCUT2D eigenvalue weighted by Gasteiger charge is -2.33. The molecular weight excluding hydrogens is 204 g/mol. The van der Waals surface area contributed by atoms with Gasteiger partial charge in [-0.3, -0.25) is 4.79 Å². The smallest absolute Gasteiger partial charge is 0.345 e. The lowest BCUT2D eigenvalue weighted by molar-refractivity contribution is -0.109. The number of carbonyl (C=O) groups excluding carboxylic acids is 1. The molecule has 0 unspecified atom stereocenters. The minimum absolute atomic E-state index is 0.138. The van der Waals surface area contributed by atoms with Gasteiger partial charge in [0.15, 0.2) is 5.12 Å². The molecule has 0 aromatic carbocycles. The molecule has 1 aliphatic heterocycles. The Morgan fingerprint density at radius 2 is 2.08 bits per heavy atom. The first-order valence-electron chi connectivity index (χ1n) is 4.43. The molecule has 1 saturated heterocycles. The molecule has 3 nitrogen and oxygen atoms in total. The summed E-state index contributed by atoms with van der Waals surface area (Å²) >= 11 is 1.31. The van der Waals surface area contributed by atoms with Crippen molar-refractivity contribution >= 4 is 25.4 Å². The Labute approximate surface area is 84.4 Å². The van der Waals surface area contributed by atoms with Gasteiger partial charge in [0.05, 0.1) is 0 Å². The van der Waals surface area contributed by atoms with Gasteiger partial charge in [-0.2, -0.15) is 0 Å². The molecule has 5 heteroatoms.